The normalized spacial score (nSPS) is 17.3. The van der Waals surface area contributed by atoms with Gasteiger partial charge >= 0.3 is 0 Å². The van der Waals surface area contributed by atoms with Crippen LogP contribution in [0.3, 0.4) is 0 Å². The Balaban J connectivity index is 1.85. The summed E-state index contributed by atoms with van der Waals surface area (Å²) in [5.41, 5.74) is 8.28. The number of benzene rings is 1. The van der Waals surface area contributed by atoms with Gasteiger partial charge in [-0.1, -0.05) is 6.07 Å². The number of fused-ring (bicyclic) bond motifs is 1. The van der Waals surface area contributed by atoms with Gasteiger partial charge in [-0.25, -0.2) is 0 Å². The second kappa shape index (κ2) is 5.44. The van der Waals surface area contributed by atoms with Gasteiger partial charge in [-0.3, -0.25) is 9.78 Å². The van der Waals surface area contributed by atoms with E-state index in [9.17, 15) is 4.79 Å². The molecule has 1 atom stereocenters. The molecule has 0 aliphatic carbocycles. The van der Waals surface area contributed by atoms with Gasteiger partial charge in [-0.05, 0) is 37.1 Å². The largest absolute Gasteiger partial charge is 0.479 e. The van der Waals surface area contributed by atoms with Gasteiger partial charge < -0.3 is 15.4 Å². The first-order chi connectivity index (χ1) is 10.1. The minimum atomic E-state index is -0.492. The minimum absolute atomic E-state index is 0.0313. The van der Waals surface area contributed by atoms with E-state index in [2.05, 4.69) is 4.98 Å². The lowest BCUT2D eigenvalue weighted by atomic mass is 10.1. The monoisotopic (exact) mass is 283 g/mol. The zero-order valence-corrected chi connectivity index (χ0v) is 11.8. The second-order valence-corrected chi connectivity index (χ2v) is 5.09. The Morgan fingerprint density at radius 1 is 1.38 bits per heavy atom. The lowest BCUT2D eigenvalue weighted by Gasteiger charge is -2.33. The van der Waals surface area contributed by atoms with Gasteiger partial charge in [-0.2, -0.15) is 0 Å². The van der Waals surface area contributed by atoms with Crippen molar-refractivity contribution in [3.8, 4) is 5.75 Å². The molecule has 5 heteroatoms. The van der Waals surface area contributed by atoms with Crippen LogP contribution in [-0.4, -0.2) is 23.5 Å². The van der Waals surface area contributed by atoms with E-state index >= 15 is 0 Å². The summed E-state index contributed by atoms with van der Waals surface area (Å²) in [7, 11) is 0. The van der Waals surface area contributed by atoms with E-state index in [-0.39, 0.29) is 5.91 Å². The van der Waals surface area contributed by atoms with Crippen LogP contribution in [0.5, 0.6) is 5.75 Å². The zero-order chi connectivity index (χ0) is 14.8. The first kappa shape index (κ1) is 13.4. The number of amides is 1. The highest BCUT2D eigenvalue weighted by Crippen LogP contribution is 2.35. The SMILES string of the molecule is CC1Oc2cc(N)ccc2N(CCc2cccnc2)C1=O. The Hall–Kier alpha value is -2.56. The lowest BCUT2D eigenvalue weighted by molar-refractivity contribution is -0.125. The first-order valence-electron chi connectivity index (χ1n) is 6.91. The molecule has 1 aromatic heterocycles. The van der Waals surface area contributed by atoms with Gasteiger partial charge in [0.15, 0.2) is 6.10 Å². The number of anilines is 2. The molecule has 21 heavy (non-hydrogen) atoms. The van der Waals surface area contributed by atoms with Gasteiger partial charge in [0.05, 0.1) is 5.69 Å². The molecule has 108 valence electrons. The molecule has 0 bridgehead atoms. The maximum absolute atomic E-state index is 12.3. The number of nitrogens with zero attached hydrogens (tertiary/aromatic N) is 2. The van der Waals surface area contributed by atoms with Gasteiger partial charge in [-0.15, -0.1) is 0 Å². The Bertz CT molecular complexity index is 658. The molecular weight excluding hydrogens is 266 g/mol. The molecule has 2 N–H and O–H groups in total. The van der Waals surface area contributed by atoms with Crippen LogP contribution in [0.25, 0.3) is 0 Å². The molecule has 2 aromatic rings. The van der Waals surface area contributed by atoms with E-state index in [1.54, 1.807) is 30.2 Å². The van der Waals surface area contributed by atoms with E-state index in [1.165, 1.54) is 0 Å². The number of carbonyl (C=O) groups is 1. The number of hydrogen-bond donors (Lipinski definition) is 1. The van der Waals surface area contributed by atoms with Crippen molar-refractivity contribution in [2.45, 2.75) is 19.4 Å². The third kappa shape index (κ3) is 2.67. The van der Waals surface area contributed by atoms with Crippen LogP contribution in [0.15, 0.2) is 42.7 Å². The summed E-state index contributed by atoms with van der Waals surface area (Å²) >= 11 is 0. The van der Waals surface area contributed by atoms with Crippen LogP contribution >= 0.6 is 0 Å². The van der Waals surface area contributed by atoms with Crippen molar-refractivity contribution in [3.05, 3.63) is 48.3 Å². The van der Waals surface area contributed by atoms with Crippen molar-refractivity contribution in [3.63, 3.8) is 0 Å². The van der Waals surface area contributed by atoms with E-state index in [1.807, 2.05) is 24.4 Å². The summed E-state index contributed by atoms with van der Waals surface area (Å²) in [6.45, 7) is 2.35. The third-order valence-electron chi connectivity index (χ3n) is 3.54. The average Bonchev–Trinajstić information content (AvgIpc) is 2.49. The second-order valence-electron chi connectivity index (χ2n) is 5.09. The summed E-state index contributed by atoms with van der Waals surface area (Å²) in [6.07, 6.45) is 3.81. The van der Waals surface area contributed by atoms with Crippen molar-refractivity contribution in [1.82, 2.24) is 4.98 Å². The fourth-order valence-electron chi connectivity index (χ4n) is 2.44. The number of pyridine rings is 1. The fourth-order valence-corrected chi connectivity index (χ4v) is 2.44. The van der Waals surface area contributed by atoms with Gasteiger partial charge in [0.1, 0.15) is 5.75 Å². The van der Waals surface area contributed by atoms with Crippen molar-refractivity contribution < 1.29 is 9.53 Å². The Kier molecular flexibility index (Phi) is 3.48. The molecule has 3 rings (SSSR count). The van der Waals surface area contributed by atoms with E-state index < -0.39 is 6.10 Å². The van der Waals surface area contributed by atoms with E-state index in [4.69, 9.17) is 10.5 Å². The molecule has 0 fully saturated rings. The standard InChI is InChI=1S/C16H17N3O2/c1-11-16(20)19(8-6-12-3-2-7-18-10-12)14-5-4-13(17)9-15(14)21-11/h2-5,7,9-11H,6,8,17H2,1H3. The highest BCUT2D eigenvalue weighted by atomic mass is 16.5. The number of carbonyl (C=O) groups excluding carboxylic acids is 1. The van der Waals surface area contributed by atoms with Gasteiger partial charge in [0.25, 0.3) is 5.91 Å². The molecule has 0 saturated carbocycles. The van der Waals surface area contributed by atoms with Gasteiger partial charge in [0.2, 0.25) is 0 Å². The molecule has 1 amide bonds. The van der Waals surface area contributed by atoms with Crippen molar-refractivity contribution in [2.75, 3.05) is 17.2 Å². The van der Waals surface area contributed by atoms with Gasteiger partial charge in [0, 0.05) is 30.7 Å². The van der Waals surface area contributed by atoms with Crippen molar-refractivity contribution in [1.29, 1.82) is 0 Å². The number of ether oxygens (including phenoxy) is 1. The minimum Gasteiger partial charge on any atom is -0.479 e. The summed E-state index contributed by atoms with van der Waals surface area (Å²) in [5.74, 6) is 0.629. The fraction of sp³-hybridized carbons (Fsp3) is 0.250. The molecule has 1 unspecified atom stereocenters. The Morgan fingerprint density at radius 2 is 2.24 bits per heavy atom. The third-order valence-corrected chi connectivity index (χ3v) is 3.54. The number of rotatable bonds is 3. The van der Waals surface area contributed by atoms with Crippen molar-refractivity contribution >= 4 is 17.3 Å². The molecule has 1 aromatic carbocycles. The maximum atomic E-state index is 12.3. The summed E-state index contributed by atoms with van der Waals surface area (Å²) in [5, 5.41) is 0. The van der Waals surface area contributed by atoms with Crippen molar-refractivity contribution in [2.24, 2.45) is 0 Å². The number of hydrogen-bond acceptors (Lipinski definition) is 4. The Morgan fingerprint density at radius 3 is 3.00 bits per heavy atom. The predicted molar refractivity (Wildman–Crippen MR) is 81.2 cm³/mol. The van der Waals surface area contributed by atoms with Crippen LogP contribution in [0.2, 0.25) is 0 Å². The zero-order valence-electron chi connectivity index (χ0n) is 11.8. The smallest absolute Gasteiger partial charge is 0.267 e. The topological polar surface area (TPSA) is 68.5 Å². The highest BCUT2D eigenvalue weighted by molar-refractivity contribution is 6.00. The molecule has 2 heterocycles. The highest BCUT2D eigenvalue weighted by Gasteiger charge is 2.31. The maximum Gasteiger partial charge on any atom is 0.267 e. The number of nitrogen functional groups attached to an aromatic ring is 1. The first-order valence-corrected chi connectivity index (χ1v) is 6.91. The van der Waals surface area contributed by atoms with Crippen LogP contribution in [0, 0.1) is 0 Å². The summed E-state index contributed by atoms with van der Waals surface area (Å²) in [4.78, 5) is 18.2. The lowest BCUT2D eigenvalue weighted by Crippen LogP contribution is -2.45. The molecule has 1 aliphatic heterocycles. The number of nitrogens with two attached hydrogens (primary N) is 1. The molecule has 0 saturated heterocycles. The molecule has 0 radical (unpaired) electrons. The molecule has 5 nitrogen and oxygen atoms in total. The summed E-state index contributed by atoms with van der Waals surface area (Å²) < 4.78 is 5.62. The Labute approximate surface area is 123 Å². The van der Waals surface area contributed by atoms with Crippen LogP contribution in [0.4, 0.5) is 11.4 Å². The quantitative estimate of drug-likeness (QED) is 0.875. The molecular formula is C16H17N3O2. The van der Waals surface area contributed by atoms with Crippen LogP contribution in [0.1, 0.15) is 12.5 Å². The van der Waals surface area contributed by atoms with E-state index in [0.29, 0.717) is 18.0 Å². The molecule has 0 spiro atoms. The average molecular weight is 283 g/mol. The summed E-state index contributed by atoms with van der Waals surface area (Å²) in [6, 6.07) is 9.27. The number of aromatic nitrogens is 1. The molecule has 1 aliphatic rings. The van der Waals surface area contributed by atoms with E-state index in [0.717, 1.165) is 17.7 Å². The van der Waals surface area contributed by atoms with Crippen LogP contribution in [-0.2, 0) is 11.2 Å². The van der Waals surface area contributed by atoms with Crippen LogP contribution < -0.4 is 15.4 Å². The predicted octanol–water partition coefficient (Wildman–Crippen LogP) is 2.02.